The largest absolute Gasteiger partial charge is 0.490 e. The van der Waals surface area contributed by atoms with Gasteiger partial charge in [-0.3, -0.25) is 9.62 Å². The van der Waals surface area contributed by atoms with Crippen molar-refractivity contribution in [3.8, 4) is 11.8 Å². The Bertz CT molecular complexity index is 831. The molecule has 2 fully saturated rings. The van der Waals surface area contributed by atoms with Crippen molar-refractivity contribution < 1.29 is 9.47 Å². The number of hydrogen-bond donors (Lipinski definition) is 1. The van der Waals surface area contributed by atoms with Gasteiger partial charge in [-0.2, -0.15) is 5.26 Å². The van der Waals surface area contributed by atoms with E-state index in [-0.39, 0.29) is 6.10 Å². The van der Waals surface area contributed by atoms with Crippen molar-refractivity contribution in [3.63, 3.8) is 0 Å². The molecule has 2 aliphatic rings. The maximum absolute atomic E-state index is 9.02. The SMILES string of the molecule is N#Cc1cccc(SN[C@@H]2CCN(Cc3ccc(OC4CCOCC4)cc3)C2)c1. The predicted molar refractivity (Wildman–Crippen MR) is 115 cm³/mol. The minimum absolute atomic E-state index is 0.284. The Hall–Kier alpha value is -2.04. The Labute approximate surface area is 177 Å². The van der Waals surface area contributed by atoms with E-state index in [0.29, 0.717) is 11.6 Å². The zero-order valence-electron chi connectivity index (χ0n) is 16.5. The van der Waals surface area contributed by atoms with Crippen molar-refractivity contribution in [1.29, 1.82) is 5.26 Å². The van der Waals surface area contributed by atoms with E-state index in [1.807, 2.05) is 24.3 Å². The van der Waals surface area contributed by atoms with Crippen LogP contribution in [0.3, 0.4) is 0 Å². The van der Waals surface area contributed by atoms with Gasteiger partial charge in [0.15, 0.2) is 0 Å². The number of rotatable bonds is 7. The molecule has 152 valence electrons. The van der Waals surface area contributed by atoms with Crippen LogP contribution >= 0.6 is 11.9 Å². The standard InChI is InChI=1S/C23H27N3O2S/c24-15-19-2-1-3-23(14-19)29-25-20-8-11-26(17-20)16-18-4-6-21(7-5-18)28-22-9-12-27-13-10-22/h1-7,14,20,22,25H,8-13,16-17H2/t20-/m1/s1. The normalized spacial score (nSPS) is 20.4. The van der Waals surface area contributed by atoms with Crippen molar-refractivity contribution >= 4 is 11.9 Å². The van der Waals surface area contributed by atoms with Crippen molar-refractivity contribution in [2.24, 2.45) is 0 Å². The highest BCUT2D eigenvalue weighted by Crippen LogP contribution is 2.22. The van der Waals surface area contributed by atoms with Crippen molar-refractivity contribution in [1.82, 2.24) is 9.62 Å². The highest BCUT2D eigenvalue weighted by Gasteiger charge is 2.22. The highest BCUT2D eigenvalue weighted by atomic mass is 32.2. The molecule has 0 saturated carbocycles. The van der Waals surface area contributed by atoms with Crippen LogP contribution in [0.2, 0.25) is 0 Å². The molecular formula is C23H27N3O2S. The lowest BCUT2D eigenvalue weighted by atomic mass is 10.1. The summed E-state index contributed by atoms with van der Waals surface area (Å²) in [4.78, 5) is 3.57. The monoisotopic (exact) mass is 409 g/mol. The fourth-order valence-electron chi connectivity index (χ4n) is 3.77. The Morgan fingerprint density at radius 3 is 2.76 bits per heavy atom. The number of nitriles is 1. The number of benzene rings is 2. The molecule has 0 amide bonds. The second kappa shape index (κ2) is 10.1. The van der Waals surface area contributed by atoms with Crippen molar-refractivity contribution in [2.45, 2.75) is 42.8 Å². The van der Waals surface area contributed by atoms with Gasteiger partial charge in [0.2, 0.25) is 0 Å². The summed E-state index contributed by atoms with van der Waals surface area (Å²) in [5.74, 6) is 0.956. The quantitative estimate of drug-likeness (QED) is 0.698. The first-order valence-electron chi connectivity index (χ1n) is 10.3. The van der Waals surface area contributed by atoms with Crippen LogP contribution in [-0.4, -0.2) is 43.3 Å². The predicted octanol–water partition coefficient (Wildman–Crippen LogP) is 3.99. The summed E-state index contributed by atoms with van der Waals surface area (Å²) >= 11 is 1.62. The van der Waals surface area contributed by atoms with Gasteiger partial charge in [-0.25, -0.2) is 0 Å². The van der Waals surface area contributed by atoms with Gasteiger partial charge in [0.25, 0.3) is 0 Å². The summed E-state index contributed by atoms with van der Waals surface area (Å²) in [6.45, 7) is 4.69. The topological polar surface area (TPSA) is 57.5 Å². The fourth-order valence-corrected chi connectivity index (χ4v) is 4.60. The molecule has 0 bridgehead atoms. The van der Waals surface area contributed by atoms with E-state index in [1.54, 1.807) is 11.9 Å². The molecule has 0 aromatic heterocycles. The molecule has 2 aliphatic heterocycles. The summed E-state index contributed by atoms with van der Waals surface area (Å²) in [5, 5.41) is 9.02. The van der Waals surface area contributed by atoms with Gasteiger partial charge >= 0.3 is 0 Å². The number of likely N-dealkylation sites (tertiary alicyclic amines) is 1. The molecule has 2 aromatic carbocycles. The van der Waals surface area contributed by atoms with Crippen molar-refractivity contribution in [3.05, 3.63) is 59.7 Å². The molecule has 2 aromatic rings. The molecule has 1 atom stereocenters. The molecule has 0 aliphatic carbocycles. The van der Waals surface area contributed by atoms with E-state index < -0.39 is 0 Å². The maximum atomic E-state index is 9.02. The van der Waals surface area contributed by atoms with Gasteiger partial charge in [0, 0.05) is 43.4 Å². The average molecular weight is 410 g/mol. The van der Waals surface area contributed by atoms with Gasteiger partial charge in [0.05, 0.1) is 24.8 Å². The number of nitrogens with zero attached hydrogens (tertiary/aromatic N) is 2. The van der Waals surface area contributed by atoms with Crippen LogP contribution in [-0.2, 0) is 11.3 Å². The summed E-state index contributed by atoms with van der Waals surface area (Å²) in [7, 11) is 0. The molecule has 4 rings (SSSR count). The third kappa shape index (κ3) is 5.97. The zero-order valence-corrected chi connectivity index (χ0v) is 17.4. The molecule has 5 nitrogen and oxygen atoms in total. The van der Waals surface area contributed by atoms with Crippen LogP contribution in [0.5, 0.6) is 5.75 Å². The summed E-state index contributed by atoms with van der Waals surface area (Å²) in [5.41, 5.74) is 2.02. The molecular weight excluding hydrogens is 382 g/mol. The molecule has 1 N–H and O–H groups in total. The number of ether oxygens (including phenoxy) is 2. The minimum Gasteiger partial charge on any atom is -0.490 e. The van der Waals surface area contributed by atoms with Gasteiger partial charge in [-0.05, 0) is 54.3 Å². The minimum atomic E-state index is 0.284. The van der Waals surface area contributed by atoms with Gasteiger partial charge in [-0.15, -0.1) is 0 Å². The first-order chi connectivity index (χ1) is 14.3. The van der Waals surface area contributed by atoms with E-state index in [1.165, 1.54) is 5.56 Å². The second-order valence-electron chi connectivity index (χ2n) is 7.65. The van der Waals surface area contributed by atoms with Crippen LogP contribution in [0.4, 0.5) is 0 Å². The molecule has 29 heavy (non-hydrogen) atoms. The first-order valence-corrected chi connectivity index (χ1v) is 11.1. The van der Waals surface area contributed by atoms with Gasteiger partial charge in [-0.1, -0.05) is 18.2 Å². The van der Waals surface area contributed by atoms with Crippen LogP contribution in [0.25, 0.3) is 0 Å². The van der Waals surface area contributed by atoms with Crippen LogP contribution < -0.4 is 9.46 Å². The Morgan fingerprint density at radius 2 is 1.97 bits per heavy atom. The lowest BCUT2D eigenvalue weighted by molar-refractivity contribution is 0.0255. The van der Waals surface area contributed by atoms with Crippen LogP contribution in [0.15, 0.2) is 53.4 Å². The van der Waals surface area contributed by atoms with Gasteiger partial charge < -0.3 is 9.47 Å². The Balaban J connectivity index is 1.21. The molecule has 0 unspecified atom stereocenters. The summed E-state index contributed by atoms with van der Waals surface area (Å²) in [6, 6.07) is 18.9. The lowest BCUT2D eigenvalue weighted by Crippen LogP contribution is -2.28. The highest BCUT2D eigenvalue weighted by molar-refractivity contribution is 7.97. The van der Waals surface area contributed by atoms with E-state index in [4.69, 9.17) is 14.7 Å². The van der Waals surface area contributed by atoms with Crippen LogP contribution in [0, 0.1) is 11.3 Å². The maximum Gasteiger partial charge on any atom is 0.119 e. The second-order valence-corrected chi connectivity index (χ2v) is 8.57. The smallest absolute Gasteiger partial charge is 0.119 e. The van der Waals surface area contributed by atoms with E-state index in [9.17, 15) is 0 Å². The Kier molecular flexibility index (Phi) is 7.07. The van der Waals surface area contributed by atoms with Crippen LogP contribution in [0.1, 0.15) is 30.4 Å². The number of hydrogen-bond acceptors (Lipinski definition) is 6. The Morgan fingerprint density at radius 1 is 1.14 bits per heavy atom. The van der Waals surface area contributed by atoms with E-state index in [0.717, 1.165) is 62.8 Å². The van der Waals surface area contributed by atoms with E-state index >= 15 is 0 Å². The fraction of sp³-hybridized carbons (Fsp3) is 0.435. The average Bonchev–Trinajstić information content (AvgIpc) is 3.22. The molecule has 2 saturated heterocycles. The molecule has 6 heteroatoms. The summed E-state index contributed by atoms with van der Waals surface area (Å²) in [6.07, 6.45) is 3.37. The lowest BCUT2D eigenvalue weighted by Gasteiger charge is -2.23. The molecule has 0 radical (unpaired) electrons. The zero-order chi connectivity index (χ0) is 19.9. The number of nitrogens with one attached hydrogen (secondary N) is 1. The molecule has 2 heterocycles. The summed E-state index contributed by atoms with van der Waals surface area (Å²) < 4.78 is 15.0. The molecule has 0 spiro atoms. The third-order valence-electron chi connectivity index (χ3n) is 5.38. The van der Waals surface area contributed by atoms with E-state index in [2.05, 4.69) is 40.0 Å². The first kappa shape index (κ1) is 20.2. The third-order valence-corrected chi connectivity index (χ3v) is 6.32. The van der Waals surface area contributed by atoms with Crippen molar-refractivity contribution in [2.75, 3.05) is 26.3 Å². The van der Waals surface area contributed by atoms with Gasteiger partial charge in [0.1, 0.15) is 11.9 Å².